The first-order valence-electron chi connectivity index (χ1n) is 5.40. The van der Waals surface area contributed by atoms with Crippen LogP contribution < -0.4 is 0 Å². The average molecular weight is 290 g/mol. The number of nitrogens with one attached hydrogen (secondary N) is 1. The van der Waals surface area contributed by atoms with E-state index in [-0.39, 0.29) is 16.6 Å². The Bertz CT molecular complexity index is 546. The summed E-state index contributed by atoms with van der Waals surface area (Å²) >= 11 is 1.72. The maximum absolute atomic E-state index is 12.3. The van der Waals surface area contributed by atoms with E-state index < -0.39 is 16.0 Å². The molecule has 1 fully saturated rings. The molecule has 0 amide bonds. The Kier molecular flexibility index (Phi) is 3.69. The van der Waals surface area contributed by atoms with Gasteiger partial charge in [0.15, 0.2) is 0 Å². The van der Waals surface area contributed by atoms with Gasteiger partial charge in [0.1, 0.15) is 10.6 Å². The molecule has 2 N–H and O–H groups in total. The van der Waals surface area contributed by atoms with Crippen molar-refractivity contribution in [2.45, 2.75) is 17.4 Å². The number of hydrogen-bond donors (Lipinski definition) is 2. The van der Waals surface area contributed by atoms with Crippen molar-refractivity contribution in [1.29, 1.82) is 0 Å². The maximum Gasteiger partial charge on any atom is 0.352 e. The number of rotatable bonds is 4. The Labute approximate surface area is 109 Å². The van der Waals surface area contributed by atoms with Crippen LogP contribution in [-0.2, 0) is 10.0 Å². The number of aromatic nitrogens is 1. The second-order valence-electron chi connectivity index (χ2n) is 4.09. The predicted octanol–water partition coefficient (Wildman–Crippen LogP) is 0.839. The van der Waals surface area contributed by atoms with Gasteiger partial charge in [0.25, 0.3) is 0 Å². The topological polar surface area (TPSA) is 90.5 Å². The van der Waals surface area contributed by atoms with Crippen LogP contribution in [0.25, 0.3) is 0 Å². The number of carboxylic acids is 1. The first-order valence-corrected chi connectivity index (χ1v) is 8.00. The standard InChI is InChI=1S/C10H14N2O4S2/c1-12(7-2-3-17-6-7)18(15,16)8-4-9(10(13)14)11-5-8/h4-5,7,11H,2-3,6H2,1H3,(H,13,14)/t7-/m1/s1. The monoisotopic (exact) mass is 290 g/mol. The van der Waals surface area contributed by atoms with E-state index in [9.17, 15) is 13.2 Å². The average Bonchev–Trinajstić information content (AvgIpc) is 2.99. The van der Waals surface area contributed by atoms with Gasteiger partial charge >= 0.3 is 5.97 Å². The lowest BCUT2D eigenvalue weighted by atomic mass is 10.3. The number of aromatic amines is 1. The molecule has 0 unspecified atom stereocenters. The van der Waals surface area contributed by atoms with Crippen LogP contribution in [-0.4, -0.2) is 53.4 Å². The number of aromatic carboxylic acids is 1. The molecule has 1 aromatic rings. The molecule has 100 valence electrons. The lowest BCUT2D eigenvalue weighted by Gasteiger charge is -2.22. The highest BCUT2D eigenvalue weighted by Crippen LogP contribution is 2.26. The molecule has 1 atom stereocenters. The molecule has 0 saturated carbocycles. The van der Waals surface area contributed by atoms with Gasteiger partial charge in [0, 0.05) is 25.0 Å². The Morgan fingerprint density at radius 2 is 2.33 bits per heavy atom. The highest BCUT2D eigenvalue weighted by atomic mass is 32.2. The van der Waals surface area contributed by atoms with E-state index in [2.05, 4.69) is 4.98 Å². The Morgan fingerprint density at radius 1 is 1.61 bits per heavy atom. The van der Waals surface area contributed by atoms with E-state index in [1.807, 2.05) is 0 Å². The van der Waals surface area contributed by atoms with Crippen molar-refractivity contribution in [2.24, 2.45) is 0 Å². The molecule has 1 aliphatic heterocycles. The van der Waals surface area contributed by atoms with E-state index in [0.717, 1.165) is 24.0 Å². The van der Waals surface area contributed by atoms with Crippen molar-refractivity contribution in [2.75, 3.05) is 18.6 Å². The lowest BCUT2D eigenvalue weighted by molar-refractivity contribution is 0.0691. The molecule has 1 saturated heterocycles. The number of sulfonamides is 1. The number of thioether (sulfide) groups is 1. The molecular formula is C10H14N2O4S2. The van der Waals surface area contributed by atoms with Crippen LogP contribution in [0.5, 0.6) is 0 Å². The summed E-state index contributed by atoms with van der Waals surface area (Å²) in [7, 11) is -2.07. The van der Waals surface area contributed by atoms with Gasteiger partial charge in [-0.25, -0.2) is 13.2 Å². The molecule has 0 bridgehead atoms. The minimum Gasteiger partial charge on any atom is -0.477 e. The summed E-state index contributed by atoms with van der Waals surface area (Å²) in [6.45, 7) is 0. The zero-order valence-corrected chi connectivity index (χ0v) is 11.4. The zero-order valence-electron chi connectivity index (χ0n) is 9.79. The molecule has 8 heteroatoms. The smallest absolute Gasteiger partial charge is 0.352 e. The third kappa shape index (κ3) is 2.40. The van der Waals surface area contributed by atoms with Gasteiger partial charge in [-0.1, -0.05) is 0 Å². The van der Waals surface area contributed by atoms with Crippen molar-refractivity contribution in [1.82, 2.24) is 9.29 Å². The largest absolute Gasteiger partial charge is 0.477 e. The van der Waals surface area contributed by atoms with Crippen molar-refractivity contribution in [3.8, 4) is 0 Å². The van der Waals surface area contributed by atoms with Gasteiger partial charge in [0.05, 0.1) is 0 Å². The summed E-state index contributed by atoms with van der Waals surface area (Å²) in [5.74, 6) is 0.569. The van der Waals surface area contributed by atoms with Gasteiger partial charge < -0.3 is 10.1 Å². The molecule has 0 spiro atoms. The van der Waals surface area contributed by atoms with Crippen molar-refractivity contribution < 1.29 is 18.3 Å². The van der Waals surface area contributed by atoms with Crippen LogP contribution in [0.15, 0.2) is 17.2 Å². The fourth-order valence-electron chi connectivity index (χ4n) is 1.82. The third-order valence-electron chi connectivity index (χ3n) is 2.98. The van der Waals surface area contributed by atoms with Crippen LogP contribution in [0.2, 0.25) is 0 Å². The minimum absolute atomic E-state index is 0.000648. The lowest BCUT2D eigenvalue weighted by Crippen LogP contribution is -2.36. The fourth-order valence-corrected chi connectivity index (χ4v) is 4.56. The molecule has 2 heterocycles. The molecule has 6 nitrogen and oxygen atoms in total. The summed E-state index contributed by atoms with van der Waals surface area (Å²) < 4.78 is 25.9. The highest BCUT2D eigenvalue weighted by molar-refractivity contribution is 7.99. The van der Waals surface area contributed by atoms with Crippen LogP contribution >= 0.6 is 11.8 Å². The second-order valence-corrected chi connectivity index (χ2v) is 7.24. The SMILES string of the molecule is CN([C@@H]1CCSC1)S(=O)(=O)c1c[nH]c(C(=O)O)c1. The predicted molar refractivity (Wildman–Crippen MR) is 68.4 cm³/mol. The van der Waals surface area contributed by atoms with Crippen LogP contribution in [0.3, 0.4) is 0 Å². The maximum atomic E-state index is 12.3. The van der Waals surface area contributed by atoms with Gasteiger partial charge in [-0.15, -0.1) is 0 Å². The van der Waals surface area contributed by atoms with E-state index >= 15 is 0 Å². The number of nitrogens with zero attached hydrogens (tertiary/aromatic N) is 1. The molecule has 0 aliphatic carbocycles. The molecule has 18 heavy (non-hydrogen) atoms. The Morgan fingerprint density at radius 3 is 2.83 bits per heavy atom. The number of carbonyl (C=O) groups is 1. The van der Waals surface area contributed by atoms with Gasteiger partial charge in [-0.2, -0.15) is 16.1 Å². The first kappa shape index (κ1) is 13.4. The zero-order chi connectivity index (χ0) is 13.3. The number of carboxylic acid groups (broad SMARTS) is 1. The van der Waals surface area contributed by atoms with E-state index in [1.165, 1.54) is 10.5 Å². The molecule has 1 aromatic heterocycles. The number of hydrogen-bond acceptors (Lipinski definition) is 4. The molecular weight excluding hydrogens is 276 g/mol. The van der Waals surface area contributed by atoms with Gasteiger partial charge in [0.2, 0.25) is 10.0 Å². The van der Waals surface area contributed by atoms with Crippen molar-refractivity contribution in [3.63, 3.8) is 0 Å². The van der Waals surface area contributed by atoms with E-state index in [0.29, 0.717) is 0 Å². The van der Waals surface area contributed by atoms with E-state index in [4.69, 9.17) is 5.11 Å². The van der Waals surface area contributed by atoms with Gasteiger partial charge in [-0.3, -0.25) is 0 Å². The van der Waals surface area contributed by atoms with Crippen molar-refractivity contribution >= 4 is 27.8 Å². The molecule has 1 aliphatic rings. The summed E-state index contributed by atoms with van der Waals surface area (Å²) in [6.07, 6.45) is 2.05. The Hall–Kier alpha value is -0.990. The van der Waals surface area contributed by atoms with Crippen LogP contribution in [0.1, 0.15) is 16.9 Å². The Balaban J connectivity index is 2.26. The van der Waals surface area contributed by atoms with E-state index in [1.54, 1.807) is 18.8 Å². The summed E-state index contributed by atoms with van der Waals surface area (Å²) in [5, 5.41) is 8.77. The minimum atomic E-state index is -3.61. The number of H-pyrrole nitrogens is 1. The third-order valence-corrected chi connectivity index (χ3v) is 6.02. The molecule has 0 aromatic carbocycles. The van der Waals surface area contributed by atoms with Crippen LogP contribution in [0.4, 0.5) is 0 Å². The van der Waals surface area contributed by atoms with Crippen molar-refractivity contribution in [3.05, 3.63) is 18.0 Å². The highest BCUT2D eigenvalue weighted by Gasteiger charge is 2.31. The quantitative estimate of drug-likeness (QED) is 0.857. The molecule has 2 rings (SSSR count). The summed E-state index contributed by atoms with van der Waals surface area (Å²) in [6, 6.07) is 1.14. The second kappa shape index (κ2) is 4.94. The first-order chi connectivity index (χ1) is 8.43. The summed E-state index contributed by atoms with van der Waals surface area (Å²) in [4.78, 5) is 13.2. The molecule has 0 radical (unpaired) electrons. The normalized spacial score (nSPS) is 20.4. The van der Waals surface area contributed by atoms with Crippen LogP contribution in [0, 0.1) is 0 Å². The van der Waals surface area contributed by atoms with Gasteiger partial charge in [-0.05, 0) is 18.2 Å². The summed E-state index contributed by atoms with van der Waals surface area (Å²) in [5.41, 5.74) is -0.122. The fraction of sp³-hybridized carbons (Fsp3) is 0.500.